The van der Waals surface area contributed by atoms with Crippen molar-refractivity contribution in [1.29, 1.82) is 0 Å². The molecule has 2 unspecified atom stereocenters. The minimum atomic E-state index is 0.194. The molecule has 1 saturated carbocycles. The number of alkyl halides is 1. The van der Waals surface area contributed by atoms with Crippen LogP contribution >= 0.6 is 11.6 Å². The highest BCUT2D eigenvalue weighted by atomic mass is 35.5. The average molecular weight is 218 g/mol. The van der Waals surface area contributed by atoms with Crippen molar-refractivity contribution < 1.29 is 4.79 Å². The molecule has 1 rings (SSSR count). The molecule has 14 heavy (non-hydrogen) atoms. The van der Waals surface area contributed by atoms with Crippen LogP contribution in [0.5, 0.6) is 0 Å². The van der Waals surface area contributed by atoms with Gasteiger partial charge in [0, 0.05) is 25.4 Å². The predicted octanol–water partition coefficient (Wildman–Crippen LogP) is 2.65. The Labute approximate surface area is 91.6 Å². The quantitative estimate of drug-likeness (QED) is 0.666. The van der Waals surface area contributed by atoms with Crippen molar-refractivity contribution in [2.75, 3.05) is 12.9 Å². The maximum atomic E-state index is 11.6. The van der Waals surface area contributed by atoms with Crippen LogP contribution in [0.2, 0.25) is 0 Å². The van der Waals surface area contributed by atoms with Crippen molar-refractivity contribution >= 4 is 17.5 Å². The highest BCUT2D eigenvalue weighted by Crippen LogP contribution is 2.26. The van der Waals surface area contributed by atoms with Crippen LogP contribution in [0.3, 0.4) is 0 Å². The van der Waals surface area contributed by atoms with E-state index < -0.39 is 0 Å². The molecule has 2 atom stereocenters. The molecule has 0 aromatic carbocycles. The number of rotatable bonds is 3. The Kier molecular flexibility index (Phi) is 4.73. The third-order valence-electron chi connectivity index (χ3n) is 3.16. The fraction of sp³-hybridized carbons (Fsp3) is 0.909. The van der Waals surface area contributed by atoms with Gasteiger partial charge in [0.05, 0.1) is 0 Å². The summed E-state index contributed by atoms with van der Waals surface area (Å²) in [7, 11) is 1.91. The summed E-state index contributed by atoms with van der Waals surface area (Å²) in [6.45, 7) is 2.27. The van der Waals surface area contributed by atoms with Gasteiger partial charge in [-0.1, -0.05) is 19.8 Å². The smallest absolute Gasteiger partial charge is 0.223 e. The van der Waals surface area contributed by atoms with E-state index in [0.717, 1.165) is 18.8 Å². The summed E-state index contributed by atoms with van der Waals surface area (Å²) >= 11 is 5.56. The first kappa shape index (κ1) is 11.8. The zero-order valence-corrected chi connectivity index (χ0v) is 9.89. The molecule has 0 heterocycles. The first-order valence-corrected chi connectivity index (χ1v) is 6.00. The number of halogens is 1. The minimum absolute atomic E-state index is 0.194. The Morgan fingerprint density at radius 2 is 2.21 bits per heavy atom. The lowest BCUT2D eigenvalue weighted by atomic mass is 9.86. The lowest BCUT2D eigenvalue weighted by Crippen LogP contribution is -2.39. The Balaban J connectivity index is 2.42. The van der Waals surface area contributed by atoms with E-state index in [2.05, 4.69) is 6.92 Å². The van der Waals surface area contributed by atoms with Gasteiger partial charge in [0.2, 0.25) is 5.91 Å². The predicted molar refractivity (Wildman–Crippen MR) is 59.5 cm³/mol. The summed E-state index contributed by atoms with van der Waals surface area (Å²) in [6, 6.07) is 0.453. The van der Waals surface area contributed by atoms with Crippen molar-refractivity contribution in [3.8, 4) is 0 Å². The second-order valence-corrected chi connectivity index (χ2v) is 4.75. The van der Waals surface area contributed by atoms with Crippen LogP contribution in [-0.4, -0.2) is 29.8 Å². The summed E-state index contributed by atoms with van der Waals surface area (Å²) < 4.78 is 0. The summed E-state index contributed by atoms with van der Waals surface area (Å²) in [5, 5.41) is 0. The molecule has 1 aliphatic carbocycles. The van der Waals surface area contributed by atoms with Gasteiger partial charge in [-0.25, -0.2) is 0 Å². The van der Waals surface area contributed by atoms with Crippen molar-refractivity contribution in [1.82, 2.24) is 4.90 Å². The van der Waals surface area contributed by atoms with E-state index in [0.29, 0.717) is 18.3 Å². The molecular weight excluding hydrogens is 198 g/mol. The molecule has 1 fully saturated rings. The van der Waals surface area contributed by atoms with Gasteiger partial charge < -0.3 is 4.90 Å². The molecule has 0 bridgehead atoms. The Morgan fingerprint density at radius 1 is 1.50 bits per heavy atom. The van der Waals surface area contributed by atoms with Gasteiger partial charge in [0.15, 0.2) is 0 Å². The number of carbonyl (C=O) groups excluding carboxylic acids is 1. The van der Waals surface area contributed by atoms with Crippen molar-refractivity contribution in [2.45, 2.75) is 45.1 Å². The van der Waals surface area contributed by atoms with Crippen LogP contribution in [0.4, 0.5) is 0 Å². The Hall–Kier alpha value is -0.240. The molecule has 0 N–H and O–H groups in total. The van der Waals surface area contributed by atoms with Crippen molar-refractivity contribution in [2.24, 2.45) is 5.92 Å². The van der Waals surface area contributed by atoms with E-state index >= 15 is 0 Å². The molecule has 0 aromatic heterocycles. The molecule has 1 amide bonds. The normalized spacial score (nSPS) is 27.4. The van der Waals surface area contributed by atoms with Gasteiger partial charge in [0.1, 0.15) is 0 Å². The van der Waals surface area contributed by atoms with Gasteiger partial charge in [-0.15, -0.1) is 11.6 Å². The first-order valence-electron chi connectivity index (χ1n) is 5.46. The topological polar surface area (TPSA) is 20.3 Å². The summed E-state index contributed by atoms with van der Waals surface area (Å²) in [5.41, 5.74) is 0. The number of nitrogens with zero attached hydrogens (tertiary/aromatic N) is 1. The molecule has 0 aliphatic heterocycles. The minimum Gasteiger partial charge on any atom is -0.343 e. The summed E-state index contributed by atoms with van der Waals surface area (Å²) in [4.78, 5) is 13.5. The van der Waals surface area contributed by atoms with Crippen molar-refractivity contribution in [3.05, 3.63) is 0 Å². The molecule has 0 saturated heterocycles. The fourth-order valence-electron chi connectivity index (χ4n) is 2.21. The number of hydrogen-bond acceptors (Lipinski definition) is 1. The van der Waals surface area contributed by atoms with Crippen LogP contribution in [0, 0.1) is 5.92 Å². The highest BCUT2D eigenvalue weighted by Gasteiger charge is 2.24. The molecule has 1 aliphatic rings. The summed E-state index contributed by atoms with van der Waals surface area (Å²) in [6.07, 6.45) is 5.36. The standard InChI is InChI=1S/C11H20ClNO/c1-9-4-3-5-10(8-9)13(2)11(14)6-7-12/h9-10H,3-8H2,1-2H3. The van der Waals surface area contributed by atoms with Crippen LogP contribution < -0.4 is 0 Å². The van der Waals surface area contributed by atoms with Gasteiger partial charge in [-0.2, -0.15) is 0 Å². The van der Waals surface area contributed by atoms with E-state index in [1.165, 1.54) is 12.8 Å². The molecule has 2 nitrogen and oxygen atoms in total. The van der Waals surface area contributed by atoms with Crippen LogP contribution in [-0.2, 0) is 4.79 Å². The summed E-state index contributed by atoms with van der Waals surface area (Å²) in [5.74, 6) is 1.39. The zero-order valence-electron chi connectivity index (χ0n) is 9.13. The third kappa shape index (κ3) is 3.16. The van der Waals surface area contributed by atoms with Gasteiger partial charge in [0.25, 0.3) is 0 Å². The molecule has 3 heteroatoms. The molecular formula is C11H20ClNO. The van der Waals surface area contributed by atoms with E-state index in [1.807, 2.05) is 11.9 Å². The van der Waals surface area contributed by atoms with Gasteiger partial charge in [-0.05, 0) is 18.8 Å². The maximum Gasteiger partial charge on any atom is 0.223 e. The zero-order chi connectivity index (χ0) is 10.6. The maximum absolute atomic E-state index is 11.6. The highest BCUT2D eigenvalue weighted by molar-refractivity contribution is 6.18. The Morgan fingerprint density at radius 3 is 2.79 bits per heavy atom. The van der Waals surface area contributed by atoms with Crippen LogP contribution in [0.25, 0.3) is 0 Å². The number of amides is 1. The third-order valence-corrected chi connectivity index (χ3v) is 3.35. The second-order valence-electron chi connectivity index (χ2n) is 4.37. The molecule has 0 spiro atoms. The molecule has 82 valence electrons. The van der Waals surface area contributed by atoms with E-state index in [-0.39, 0.29) is 5.91 Å². The first-order chi connectivity index (χ1) is 6.65. The lowest BCUT2D eigenvalue weighted by Gasteiger charge is -2.34. The number of carbonyl (C=O) groups is 1. The van der Waals surface area contributed by atoms with Gasteiger partial charge >= 0.3 is 0 Å². The largest absolute Gasteiger partial charge is 0.343 e. The van der Waals surface area contributed by atoms with E-state index in [4.69, 9.17) is 11.6 Å². The van der Waals surface area contributed by atoms with E-state index in [1.54, 1.807) is 0 Å². The average Bonchev–Trinajstić information content (AvgIpc) is 2.17. The van der Waals surface area contributed by atoms with Crippen molar-refractivity contribution in [3.63, 3.8) is 0 Å². The monoisotopic (exact) mass is 217 g/mol. The fourth-order valence-corrected chi connectivity index (χ4v) is 2.38. The number of hydrogen-bond donors (Lipinski definition) is 0. The SMILES string of the molecule is CC1CCCC(N(C)C(=O)CCCl)C1. The van der Waals surface area contributed by atoms with E-state index in [9.17, 15) is 4.79 Å². The van der Waals surface area contributed by atoms with Crippen LogP contribution in [0.1, 0.15) is 39.0 Å². The molecule has 0 aromatic rings. The second kappa shape index (κ2) is 5.59. The van der Waals surface area contributed by atoms with Crippen LogP contribution in [0.15, 0.2) is 0 Å². The molecule has 0 radical (unpaired) electrons. The Bertz CT molecular complexity index is 196. The van der Waals surface area contributed by atoms with Gasteiger partial charge in [-0.3, -0.25) is 4.79 Å². The lowest BCUT2D eigenvalue weighted by molar-refractivity contribution is -0.132.